The Morgan fingerprint density at radius 2 is 2.15 bits per heavy atom. The smallest absolute Gasteiger partial charge is 0.0748 e. The third-order valence-corrected chi connectivity index (χ3v) is 4.53. The highest BCUT2D eigenvalue weighted by molar-refractivity contribution is 9.11. The fourth-order valence-corrected chi connectivity index (χ4v) is 2.99. The van der Waals surface area contributed by atoms with Crippen LogP contribution in [0.1, 0.15) is 22.2 Å². The molecule has 2 aromatic rings. The third kappa shape index (κ3) is 3.59. The number of halogens is 2. The number of hydrogen-bond acceptors (Lipinski definition) is 5. The second-order valence-electron chi connectivity index (χ2n) is 3.89. The van der Waals surface area contributed by atoms with E-state index in [1.54, 1.807) is 17.4 Å². The van der Waals surface area contributed by atoms with Gasteiger partial charge in [0, 0.05) is 10.6 Å². The quantitative estimate of drug-likeness (QED) is 0.661. The summed E-state index contributed by atoms with van der Waals surface area (Å²) in [7, 11) is 0. The summed E-state index contributed by atoms with van der Waals surface area (Å²) in [6.45, 7) is 1.86. The normalized spacial score (nSPS) is 11.4. The van der Waals surface area contributed by atoms with Crippen molar-refractivity contribution in [2.24, 2.45) is 5.10 Å². The number of carbonyl (C=O) groups is 1. The maximum Gasteiger partial charge on any atom is 0.0748 e. The number of nitrogens with zero attached hydrogens (tertiary/aromatic N) is 1. The molecule has 0 spiro atoms. The zero-order chi connectivity index (χ0) is 14.7. The Balaban J connectivity index is 2.18. The van der Waals surface area contributed by atoms with Gasteiger partial charge in [0.15, 0.2) is 0 Å². The molecular formula is C13H9BrClN2O2S-. The first kappa shape index (κ1) is 15.0. The Morgan fingerprint density at radius 3 is 2.75 bits per heavy atom. The SMILES string of the molecule is C/C(=N/Nc1ccc(Cl)c(C(=O)[O-])c1)c1ccc(Br)s1. The van der Waals surface area contributed by atoms with Gasteiger partial charge in [-0.25, -0.2) is 0 Å². The lowest BCUT2D eigenvalue weighted by Gasteiger charge is -2.08. The van der Waals surface area contributed by atoms with E-state index in [2.05, 4.69) is 26.5 Å². The molecule has 0 unspecified atom stereocenters. The number of hydrazone groups is 1. The van der Waals surface area contributed by atoms with Gasteiger partial charge < -0.3 is 9.90 Å². The zero-order valence-corrected chi connectivity index (χ0v) is 13.5. The number of benzene rings is 1. The van der Waals surface area contributed by atoms with Crippen molar-refractivity contribution in [3.05, 3.63) is 49.6 Å². The van der Waals surface area contributed by atoms with E-state index in [9.17, 15) is 9.90 Å². The molecule has 0 fully saturated rings. The van der Waals surface area contributed by atoms with Gasteiger partial charge in [-0.1, -0.05) is 11.6 Å². The van der Waals surface area contributed by atoms with Crippen LogP contribution in [0.25, 0.3) is 0 Å². The predicted molar refractivity (Wildman–Crippen MR) is 83.6 cm³/mol. The van der Waals surface area contributed by atoms with Gasteiger partial charge in [-0.3, -0.25) is 5.43 Å². The van der Waals surface area contributed by atoms with E-state index in [1.807, 2.05) is 19.1 Å². The molecule has 1 aromatic heterocycles. The van der Waals surface area contributed by atoms with E-state index in [0.29, 0.717) is 5.69 Å². The maximum atomic E-state index is 10.9. The molecule has 20 heavy (non-hydrogen) atoms. The monoisotopic (exact) mass is 371 g/mol. The van der Waals surface area contributed by atoms with Crippen LogP contribution in [0.15, 0.2) is 39.2 Å². The lowest BCUT2D eigenvalue weighted by atomic mass is 10.2. The Kier molecular flexibility index (Phi) is 4.80. The molecule has 104 valence electrons. The molecular weight excluding hydrogens is 364 g/mol. The molecule has 0 saturated heterocycles. The summed E-state index contributed by atoms with van der Waals surface area (Å²) in [6, 6.07) is 8.41. The number of rotatable bonds is 4. The highest BCUT2D eigenvalue weighted by Crippen LogP contribution is 2.23. The van der Waals surface area contributed by atoms with Crippen molar-refractivity contribution < 1.29 is 9.90 Å². The van der Waals surface area contributed by atoms with Crippen LogP contribution < -0.4 is 10.5 Å². The van der Waals surface area contributed by atoms with Gasteiger partial charge in [0.05, 0.1) is 26.0 Å². The first-order valence-corrected chi connectivity index (χ1v) is 7.53. The van der Waals surface area contributed by atoms with Crippen molar-refractivity contribution >= 4 is 56.2 Å². The Hall–Kier alpha value is -1.37. The highest BCUT2D eigenvalue weighted by atomic mass is 79.9. The van der Waals surface area contributed by atoms with Crippen LogP contribution in [0.4, 0.5) is 5.69 Å². The fourth-order valence-electron chi connectivity index (χ4n) is 1.46. The summed E-state index contributed by atoms with van der Waals surface area (Å²) in [4.78, 5) is 11.9. The van der Waals surface area contributed by atoms with Crippen molar-refractivity contribution in [3.8, 4) is 0 Å². The van der Waals surface area contributed by atoms with Gasteiger partial charge in [-0.15, -0.1) is 11.3 Å². The third-order valence-electron chi connectivity index (χ3n) is 2.47. The van der Waals surface area contributed by atoms with Gasteiger partial charge in [-0.2, -0.15) is 5.10 Å². The van der Waals surface area contributed by atoms with E-state index in [0.717, 1.165) is 14.4 Å². The van der Waals surface area contributed by atoms with Crippen molar-refractivity contribution in [3.63, 3.8) is 0 Å². The van der Waals surface area contributed by atoms with Gasteiger partial charge in [0.25, 0.3) is 0 Å². The average Bonchev–Trinajstić information content (AvgIpc) is 2.84. The topological polar surface area (TPSA) is 64.5 Å². The first-order chi connectivity index (χ1) is 9.47. The van der Waals surface area contributed by atoms with Gasteiger partial charge in [0.1, 0.15) is 0 Å². The van der Waals surface area contributed by atoms with Crippen molar-refractivity contribution in [1.82, 2.24) is 0 Å². The lowest BCUT2D eigenvalue weighted by Crippen LogP contribution is -2.22. The Bertz CT molecular complexity index is 685. The molecule has 0 bridgehead atoms. The van der Waals surface area contributed by atoms with Crippen LogP contribution in [0.3, 0.4) is 0 Å². The lowest BCUT2D eigenvalue weighted by molar-refractivity contribution is -0.255. The predicted octanol–water partition coefficient (Wildman–Crippen LogP) is 3.36. The summed E-state index contributed by atoms with van der Waals surface area (Å²) >= 11 is 10.7. The van der Waals surface area contributed by atoms with E-state index in [4.69, 9.17) is 11.6 Å². The number of hydrogen-bond donors (Lipinski definition) is 1. The number of carbonyl (C=O) groups excluding carboxylic acids is 1. The highest BCUT2D eigenvalue weighted by Gasteiger charge is 2.04. The van der Waals surface area contributed by atoms with E-state index < -0.39 is 5.97 Å². The minimum atomic E-state index is -1.32. The number of aromatic carboxylic acids is 1. The molecule has 0 saturated carbocycles. The van der Waals surface area contributed by atoms with Crippen LogP contribution in [-0.2, 0) is 0 Å². The average molecular weight is 373 g/mol. The molecule has 0 aliphatic rings. The van der Waals surface area contributed by atoms with Crippen molar-refractivity contribution in [2.45, 2.75) is 6.92 Å². The van der Waals surface area contributed by atoms with Crippen molar-refractivity contribution in [1.29, 1.82) is 0 Å². The number of thiophene rings is 1. The number of anilines is 1. The largest absolute Gasteiger partial charge is 0.545 e. The molecule has 0 amide bonds. The maximum absolute atomic E-state index is 10.9. The second kappa shape index (κ2) is 6.39. The summed E-state index contributed by atoms with van der Waals surface area (Å²) in [5, 5.41) is 15.2. The van der Waals surface area contributed by atoms with Gasteiger partial charge in [0.2, 0.25) is 0 Å². The summed E-state index contributed by atoms with van der Waals surface area (Å²) in [5.74, 6) is -1.32. The number of nitrogens with one attached hydrogen (secondary N) is 1. The molecule has 0 aliphatic heterocycles. The second-order valence-corrected chi connectivity index (χ2v) is 6.77. The molecule has 1 N–H and O–H groups in total. The molecule has 1 heterocycles. The molecule has 7 heteroatoms. The Morgan fingerprint density at radius 1 is 1.40 bits per heavy atom. The molecule has 4 nitrogen and oxygen atoms in total. The van der Waals surface area contributed by atoms with Crippen LogP contribution in [0, 0.1) is 0 Å². The summed E-state index contributed by atoms with van der Waals surface area (Å²) in [5.41, 5.74) is 4.07. The van der Waals surface area contributed by atoms with Crippen LogP contribution in [0.2, 0.25) is 5.02 Å². The van der Waals surface area contributed by atoms with E-state index in [-0.39, 0.29) is 10.6 Å². The molecule has 0 atom stereocenters. The Labute approximate surface area is 133 Å². The van der Waals surface area contributed by atoms with E-state index >= 15 is 0 Å². The summed E-state index contributed by atoms with van der Waals surface area (Å²) < 4.78 is 1.02. The summed E-state index contributed by atoms with van der Waals surface area (Å²) in [6.07, 6.45) is 0. The fraction of sp³-hybridized carbons (Fsp3) is 0.0769. The minimum absolute atomic E-state index is 0.0663. The number of carboxylic acids is 1. The molecule has 2 rings (SSSR count). The molecule has 1 aromatic carbocycles. The number of carboxylic acid groups (broad SMARTS) is 1. The first-order valence-electron chi connectivity index (χ1n) is 5.54. The van der Waals surface area contributed by atoms with Crippen LogP contribution in [0.5, 0.6) is 0 Å². The standard InChI is InChI=1S/C13H10BrClN2O2S/c1-7(11-4-5-12(14)20-11)16-17-8-2-3-10(15)9(6-8)13(18)19/h2-6,17H,1H3,(H,18,19)/p-1/b16-7-. The van der Waals surface area contributed by atoms with Crippen LogP contribution >= 0.6 is 38.9 Å². The minimum Gasteiger partial charge on any atom is -0.545 e. The molecule has 0 aliphatic carbocycles. The molecule has 0 radical (unpaired) electrons. The van der Waals surface area contributed by atoms with Gasteiger partial charge in [-0.05, 0) is 53.2 Å². The zero-order valence-electron chi connectivity index (χ0n) is 10.3. The van der Waals surface area contributed by atoms with E-state index in [1.165, 1.54) is 12.1 Å². The van der Waals surface area contributed by atoms with Crippen molar-refractivity contribution in [2.75, 3.05) is 5.43 Å². The van der Waals surface area contributed by atoms with Crippen LogP contribution in [-0.4, -0.2) is 11.7 Å². The van der Waals surface area contributed by atoms with Gasteiger partial charge >= 0.3 is 0 Å².